The Hall–Kier alpha value is -1.23. The van der Waals surface area contributed by atoms with E-state index in [4.69, 9.17) is 9.40 Å². The van der Waals surface area contributed by atoms with Crippen LogP contribution in [0.15, 0.2) is 22.2 Å². The molecule has 0 atom stereocenters. The van der Waals surface area contributed by atoms with E-state index in [1.165, 1.54) is 44.2 Å². The zero-order valence-corrected chi connectivity index (χ0v) is 12.9. The summed E-state index contributed by atoms with van der Waals surface area (Å²) in [6.07, 6.45) is 9.83. The topological polar surface area (TPSA) is 43.9 Å². The highest BCUT2D eigenvalue weighted by Gasteiger charge is 2.22. The maximum Gasteiger partial charge on any atom is 0.180 e. The number of aromatic nitrogens is 3. The molecule has 2 aromatic heterocycles. The third-order valence-corrected chi connectivity index (χ3v) is 5.11. The molecule has 0 saturated heterocycles. The lowest BCUT2D eigenvalue weighted by atomic mass is 9.95. The summed E-state index contributed by atoms with van der Waals surface area (Å²) >= 11 is 1.76. The number of oxazole rings is 1. The molecule has 0 bridgehead atoms. The Labute approximate surface area is 124 Å². The monoisotopic (exact) mass is 291 g/mol. The number of nitrogens with zero attached hydrogens (tertiary/aromatic N) is 3. The maximum atomic E-state index is 5.03. The Bertz CT molecular complexity index is 556. The molecule has 2 aromatic rings. The maximum absolute atomic E-state index is 5.03. The van der Waals surface area contributed by atoms with E-state index in [-0.39, 0.29) is 0 Å². The largest absolute Gasteiger partial charge is 0.451 e. The summed E-state index contributed by atoms with van der Waals surface area (Å²) in [7, 11) is 0. The predicted octanol–water partition coefficient (Wildman–Crippen LogP) is 4.29. The Morgan fingerprint density at radius 1 is 1.30 bits per heavy atom. The van der Waals surface area contributed by atoms with E-state index < -0.39 is 0 Å². The van der Waals surface area contributed by atoms with Gasteiger partial charge in [-0.2, -0.15) is 0 Å². The van der Waals surface area contributed by atoms with Crippen LogP contribution < -0.4 is 0 Å². The zero-order valence-electron chi connectivity index (χ0n) is 12.1. The first-order valence-corrected chi connectivity index (χ1v) is 8.29. The van der Waals surface area contributed by atoms with Gasteiger partial charge in [0, 0.05) is 17.5 Å². The van der Waals surface area contributed by atoms with Gasteiger partial charge in [0.2, 0.25) is 0 Å². The normalized spacial score (nSPS) is 16.7. The standard InChI is InChI=1S/C15H21N3OS/c1-11-12(2)18(14-6-4-3-5-7-14)15(17-11)20-9-13-8-19-10-16-13/h8,10,14H,3-7,9H2,1-2H3. The van der Waals surface area contributed by atoms with Crippen molar-refractivity contribution in [3.8, 4) is 0 Å². The second-order valence-electron chi connectivity index (χ2n) is 5.50. The first-order chi connectivity index (χ1) is 9.75. The predicted molar refractivity (Wildman–Crippen MR) is 79.9 cm³/mol. The van der Waals surface area contributed by atoms with Gasteiger partial charge in [-0.25, -0.2) is 9.97 Å². The van der Waals surface area contributed by atoms with E-state index in [1.807, 2.05) is 0 Å². The van der Waals surface area contributed by atoms with E-state index in [0.717, 1.165) is 22.3 Å². The Balaban J connectivity index is 1.80. The van der Waals surface area contributed by atoms with Crippen molar-refractivity contribution in [2.24, 2.45) is 0 Å². The summed E-state index contributed by atoms with van der Waals surface area (Å²) in [5.74, 6) is 0.819. The summed E-state index contributed by atoms with van der Waals surface area (Å²) in [6.45, 7) is 4.30. The van der Waals surface area contributed by atoms with Crippen molar-refractivity contribution in [1.82, 2.24) is 14.5 Å². The smallest absolute Gasteiger partial charge is 0.180 e. The fourth-order valence-corrected chi connectivity index (χ4v) is 3.96. The zero-order chi connectivity index (χ0) is 13.9. The van der Waals surface area contributed by atoms with Crippen LogP contribution in [-0.4, -0.2) is 14.5 Å². The van der Waals surface area contributed by atoms with Crippen LogP contribution in [0, 0.1) is 13.8 Å². The van der Waals surface area contributed by atoms with Crippen molar-refractivity contribution < 1.29 is 4.42 Å². The fourth-order valence-electron chi connectivity index (χ4n) is 2.91. The molecule has 4 nitrogen and oxygen atoms in total. The second-order valence-corrected chi connectivity index (χ2v) is 6.44. The molecule has 0 radical (unpaired) electrons. The Kier molecular flexibility index (Phi) is 4.15. The van der Waals surface area contributed by atoms with Gasteiger partial charge >= 0.3 is 0 Å². The molecule has 1 aliphatic rings. The summed E-state index contributed by atoms with van der Waals surface area (Å²) in [6, 6.07) is 0.629. The van der Waals surface area contributed by atoms with E-state index in [9.17, 15) is 0 Å². The molecular weight excluding hydrogens is 270 g/mol. The van der Waals surface area contributed by atoms with Gasteiger partial charge in [0.1, 0.15) is 6.26 Å². The minimum Gasteiger partial charge on any atom is -0.451 e. The molecule has 0 N–H and O–H groups in total. The van der Waals surface area contributed by atoms with Crippen LogP contribution in [0.2, 0.25) is 0 Å². The number of hydrogen-bond donors (Lipinski definition) is 0. The molecule has 1 fully saturated rings. The third kappa shape index (κ3) is 2.77. The molecule has 3 rings (SSSR count). The van der Waals surface area contributed by atoms with Crippen molar-refractivity contribution in [3.05, 3.63) is 29.7 Å². The lowest BCUT2D eigenvalue weighted by Crippen LogP contribution is -2.15. The highest BCUT2D eigenvalue weighted by atomic mass is 32.2. The van der Waals surface area contributed by atoms with Gasteiger partial charge in [0.25, 0.3) is 0 Å². The fraction of sp³-hybridized carbons (Fsp3) is 0.600. The molecule has 20 heavy (non-hydrogen) atoms. The van der Waals surface area contributed by atoms with Crippen molar-refractivity contribution in [2.75, 3.05) is 0 Å². The number of aryl methyl sites for hydroxylation is 1. The molecule has 0 aromatic carbocycles. The minimum absolute atomic E-state index is 0.629. The summed E-state index contributed by atoms with van der Waals surface area (Å²) in [4.78, 5) is 8.93. The van der Waals surface area contributed by atoms with Crippen LogP contribution in [0.25, 0.3) is 0 Å². The highest BCUT2D eigenvalue weighted by molar-refractivity contribution is 7.98. The molecule has 0 spiro atoms. The second kappa shape index (κ2) is 6.04. The van der Waals surface area contributed by atoms with Gasteiger partial charge < -0.3 is 8.98 Å². The molecule has 5 heteroatoms. The van der Waals surface area contributed by atoms with Gasteiger partial charge in [-0.05, 0) is 26.7 Å². The van der Waals surface area contributed by atoms with Gasteiger partial charge in [0.05, 0.1) is 11.4 Å². The van der Waals surface area contributed by atoms with Crippen molar-refractivity contribution in [1.29, 1.82) is 0 Å². The number of rotatable bonds is 4. The number of hydrogen-bond acceptors (Lipinski definition) is 4. The molecule has 0 aliphatic heterocycles. The molecule has 1 saturated carbocycles. The van der Waals surface area contributed by atoms with E-state index in [0.29, 0.717) is 6.04 Å². The first kappa shape index (κ1) is 13.7. The summed E-state index contributed by atoms with van der Waals surface area (Å²) in [5, 5.41) is 1.13. The lowest BCUT2D eigenvalue weighted by molar-refractivity contribution is 0.332. The van der Waals surface area contributed by atoms with Crippen LogP contribution >= 0.6 is 11.8 Å². The summed E-state index contributed by atoms with van der Waals surface area (Å²) in [5.41, 5.74) is 3.45. The van der Waals surface area contributed by atoms with Crippen molar-refractivity contribution in [2.45, 2.75) is 62.9 Å². The van der Waals surface area contributed by atoms with Crippen LogP contribution in [0.1, 0.15) is 55.2 Å². The first-order valence-electron chi connectivity index (χ1n) is 7.31. The van der Waals surface area contributed by atoms with E-state index in [2.05, 4.69) is 23.4 Å². The van der Waals surface area contributed by atoms with Gasteiger partial charge in [-0.1, -0.05) is 31.0 Å². The van der Waals surface area contributed by atoms with Crippen molar-refractivity contribution >= 4 is 11.8 Å². The third-order valence-electron chi connectivity index (χ3n) is 4.13. The van der Waals surface area contributed by atoms with E-state index in [1.54, 1.807) is 18.0 Å². The van der Waals surface area contributed by atoms with Gasteiger partial charge in [0.15, 0.2) is 11.6 Å². The molecule has 108 valence electrons. The highest BCUT2D eigenvalue weighted by Crippen LogP contribution is 2.34. The van der Waals surface area contributed by atoms with Crippen LogP contribution in [0.5, 0.6) is 0 Å². The van der Waals surface area contributed by atoms with Gasteiger partial charge in [-0.15, -0.1) is 0 Å². The SMILES string of the molecule is Cc1nc(SCc2cocn2)n(C2CCCCC2)c1C. The van der Waals surface area contributed by atoms with Crippen LogP contribution in [-0.2, 0) is 5.75 Å². The summed E-state index contributed by atoms with van der Waals surface area (Å²) < 4.78 is 7.48. The average molecular weight is 291 g/mol. The lowest BCUT2D eigenvalue weighted by Gasteiger charge is -2.25. The quantitative estimate of drug-likeness (QED) is 0.788. The Morgan fingerprint density at radius 2 is 2.10 bits per heavy atom. The van der Waals surface area contributed by atoms with Crippen LogP contribution in [0.3, 0.4) is 0 Å². The minimum atomic E-state index is 0.629. The average Bonchev–Trinajstić information content (AvgIpc) is 3.07. The molecule has 0 unspecified atom stereocenters. The Morgan fingerprint density at radius 3 is 2.80 bits per heavy atom. The molecule has 2 heterocycles. The van der Waals surface area contributed by atoms with Crippen LogP contribution in [0.4, 0.5) is 0 Å². The van der Waals surface area contributed by atoms with Crippen molar-refractivity contribution in [3.63, 3.8) is 0 Å². The number of imidazole rings is 1. The molecule has 0 amide bonds. The number of thioether (sulfide) groups is 1. The molecular formula is C15H21N3OS. The molecule has 1 aliphatic carbocycles. The van der Waals surface area contributed by atoms with E-state index >= 15 is 0 Å². The van der Waals surface area contributed by atoms with Gasteiger partial charge in [-0.3, -0.25) is 0 Å².